The fourth-order valence-corrected chi connectivity index (χ4v) is 6.84. The molecule has 158 valence electrons. The van der Waals surface area contributed by atoms with Crippen molar-refractivity contribution in [3.8, 4) is 0 Å². The predicted molar refractivity (Wildman–Crippen MR) is 113 cm³/mol. The smallest absolute Gasteiger partial charge is 0.207 e. The van der Waals surface area contributed by atoms with Gasteiger partial charge in [0, 0.05) is 26.2 Å². The van der Waals surface area contributed by atoms with Crippen LogP contribution in [0.2, 0.25) is 5.02 Å². The molecule has 0 amide bonds. The van der Waals surface area contributed by atoms with E-state index in [0.717, 1.165) is 29.0 Å². The Hall–Kier alpha value is -2.04. The molecule has 4 rings (SSSR count). The van der Waals surface area contributed by atoms with Crippen molar-refractivity contribution in [3.63, 3.8) is 0 Å². The second kappa shape index (κ2) is 7.90. The van der Waals surface area contributed by atoms with E-state index in [0.29, 0.717) is 0 Å². The first-order chi connectivity index (χ1) is 14.2. The van der Waals surface area contributed by atoms with Crippen molar-refractivity contribution in [1.29, 1.82) is 0 Å². The van der Waals surface area contributed by atoms with E-state index in [4.69, 9.17) is 11.6 Å². The second-order valence-electron chi connectivity index (χ2n) is 6.89. The highest BCUT2D eigenvalue weighted by atomic mass is 35.5. The Labute approximate surface area is 179 Å². The summed E-state index contributed by atoms with van der Waals surface area (Å²) >= 11 is 5.91. The van der Waals surface area contributed by atoms with Gasteiger partial charge in [0.1, 0.15) is 10.7 Å². The second-order valence-corrected chi connectivity index (χ2v) is 11.1. The number of hydrogen-bond donors (Lipinski definition) is 0. The van der Waals surface area contributed by atoms with Crippen molar-refractivity contribution in [2.24, 2.45) is 0 Å². The van der Waals surface area contributed by atoms with Crippen molar-refractivity contribution in [2.75, 3.05) is 26.2 Å². The molecule has 0 atom stereocenters. The highest BCUT2D eigenvalue weighted by Gasteiger charge is 2.34. The normalized spacial score (nSPS) is 16.7. The summed E-state index contributed by atoms with van der Waals surface area (Å²) in [6.45, 7) is -0.0356. The maximum atomic E-state index is 13.3. The number of hydrogen-bond acceptors (Lipinski definition) is 4. The molecule has 1 aliphatic rings. The van der Waals surface area contributed by atoms with Gasteiger partial charge in [-0.2, -0.15) is 8.61 Å². The zero-order chi connectivity index (χ0) is 21.5. The molecule has 1 heterocycles. The van der Waals surface area contributed by atoms with Gasteiger partial charge in [-0.25, -0.2) is 21.2 Å². The number of fused-ring (bicyclic) bond motifs is 1. The largest absolute Gasteiger partial charge is 0.244 e. The summed E-state index contributed by atoms with van der Waals surface area (Å²) in [5.74, 6) is -0.634. The van der Waals surface area contributed by atoms with Gasteiger partial charge in [-0.1, -0.05) is 41.9 Å². The lowest BCUT2D eigenvalue weighted by atomic mass is 10.1. The van der Waals surface area contributed by atoms with E-state index in [-0.39, 0.29) is 41.0 Å². The number of halogens is 2. The van der Waals surface area contributed by atoms with Crippen molar-refractivity contribution in [1.82, 2.24) is 8.61 Å². The average Bonchev–Trinajstić information content (AvgIpc) is 2.73. The fourth-order valence-electron chi connectivity index (χ4n) is 3.45. The lowest BCUT2D eigenvalue weighted by Gasteiger charge is -2.33. The van der Waals surface area contributed by atoms with Crippen LogP contribution in [0.25, 0.3) is 10.8 Å². The first kappa shape index (κ1) is 21.2. The average molecular weight is 469 g/mol. The highest BCUT2D eigenvalue weighted by Crippen LogP contribution is 2.28. The van der Waals surface area contributed by atoms with E-state index >= 15 is 0 Å². The third-order valence-electron chi connectivity index (χ3n) is 5.07. The van der Waals surface area contributed by atoms with Gasteiger partial charge >= 0.3 is 0 Å². The molecule has 1 saturated heterocycles. The van der Waals surface area contributed by atoms with Crippen LogP contribution in [0, 0.1) is 5.82 Å². The Kier molecular flexibility index (Phi) is 5.58. The summed E-state index contributed by atoms with van der Waals surface area (Å²) in [7, 11) is -7.72. The number of sulfonamides is 2. The molecule has 1 fully saturated rings. The Morgan fingerprint density at radius 2 is 1.33 bits per heavy atom. The van der Waals surface area contributed by atoms with Crippen molar-refractivity contribution < 1.29 is 21.2 Å². The maximum absolute atomic E-state index is 13.3. The third kappa shape index (κ3) is 3.83. The Morgan fingerprint density at radius 3 is 1.97 bits per heavy atom. The summed E-state index contributed by atoms with van der Waals surface area (Å²) in [5.41, 5.74) is 0. The van der Waals surface area contributed by atoms with Crippen LogP contribution in [-0.2, 0) is 20.0 Å². The van der Waals surface area contributed by atoms with Crippen LogP contribution in [0.5, 0.6) is 0 Å². The molecule has 10 heteroatoms. The van der Waals surface area contributed by atoms with Gasteiger partial charge in [0.15, 0.2) is 0 Å². The number of nitrogens with zero attached hydrogens (tertiary/aromatic N) is 2. The van der Waals surface area contributed by atoms with Crippen LogP contribution in [0.15, 0.2) is 70.5 Å². The standard InChI is InChI=1S/C20H18ClFN2O4S2/c21-19-14-17(22)6-8-20(19)30(27,28)24-11-9-23(10-12-24)29(25,26)18-7-5-15-3-1-2-4-16(15)13-18/h1-8,13-14H,9-12H2. The van der Waals surface area contributed by atoms with Gasteiger partial charge in [-0.3, -0.25) is 0 Å². The molecule has 0 aromatic heterocycles. The monoisotopic (exact) mass is 468 g/mol. The minimum Gasteiger partial charge on any atom is -0.207 e. The number of rotatable bonds is 4. The molecule has 30 heavy (non-hydrogen) atoms. The Balaban J connectivity index is 1.54. The van der Waals surface area contributed by atoms with Crippen LogP contribution in [-0.4, -0.2) is 51.6 Å². The summed E-state index contributed by atoms with van der Waals surface area (Å²) < 4.78 is 67.5. The van der Waals surface area contributed by atoms with E-state index in [1.165, 1.54) is 8.61 Å². The highest BCUT2D eigenvalue weighted by molar-refractivity contribution is 7.89. The molecule has 0 aliphatic carbocycles. The molecule has 3 aromatic carbocycles. The molecule has 0 bridgehead atoms. The minimum absolute atomic E-state index is 0.00715. The molecule has 0 saturated carbocycles. The first-order valence-electron chi connectivity index (χ1n) is 9.14. The quantitative estimate of drug-likeness (QED) is 0.588. The third-order valence-corrected chi connectivity index (χ3v) is 9.34. The maximum Gasteiger partial charge on any atom is 0.244 e. The van der Waals surface area contributed by atoms with Crippen LogP contribution >= 0.6 is 11.6 Å². The van der Waals surface area contributed by atoms with Gasteiger partial charge < -0.3 is 0 Å². The van der Waals surface area contributed by atoms with Crippen molar-refractivity contribution in [3.05, 3.63) is 71.5 Å². The minimum atomic E-state index is -3.96. The summed E-state index contributed by atoms with van der Waals surface area (Å²) in [5, 5.41) is 1.54. The predicted octanol–water partition coefficient (Wildman–Crippen LogP) is 3.33. The fraction of sp³-hybridized carbons (Fsp3) is 0.200. The molecule has 0 unspecified atom stereocenters. The molecule has 0 radical (unpaired) electrons. The van der Waals surface area contributed by atoms with Crippen molar-refractivity contribution >= 4 is 42.4 Å². The van der Waals surface area contributed by atoms with Gasteiger partial charge in [-0.05, 0) is 41.1 Å². The topological polar surface area (TPSA) is 74.8 Å². The van der Waals surface area contributed by atoms with E-state index in [2.05, 4.69) is 0 Å². The zero-order valence-corrected chi connectivity index (χ0v) is 18.1. The summed E-state index contributed by atoms with van der Waals surface area (Å²) in [4.78, 5) is -0.0320. The van der Waals surface area contributed by atoms with Gasteiger partial charge in [0.05, 0.1) is 9.92 Å². The number of piperazine rings is 1. The van der Waals surface area contributed by atoms with Gasteiger partial charge in [-0.15, -0.1) is 0 Å². The van der Waals surface area contributed by atoms with Crippen LogP contribution in [0.3, 0.4) is 0 Å². The van der Waals surface area contributed by atoms with Crippen LogP contribution in [0.4, 0.5) is 4.39 Å². The first-order valence-corrected chi connectivity index (χ1v) is 12.4. The zero-order valence-electron chi connectivity index (χ0n) is 15.7. The molecule has 3 aromatic rings. The van der Waals surface area contributed by atoms with Crippen LogP contribution < -0.4 is 0 Å². The molecular formula is C20H18ClFN2O4S2. The Bertz CT molecular complexity index is 1320. The molecule has 1 aliphatic heterocycles. The van der Waals surface area contributed by atoms with E-state index in [1.807, 2.05) is 24.3 Å². The van der Waals surface area contributed by atoms with E-state index in [9.17, 15) is 21.2 Å². The van der Waals surface area contributed by atoms with Crippen molar-refractivity contribution in [2.45, 2.75) is 9.79 Å². The Morgan fingerprint density at radius 1 is 0.733 bits per heavy atom. The lowest BCUT2D eigenvalue weighted by molar-refractivity contribution is 0.273. The SMILES string of the molecule is O=S(=O)(c1ccc2ccccc2c1)N1CCN(S(=O)(=O)c2ccc(F)cc2Cl)CC1. The molecule has 6 nitrogen and oxygen atoms in total. The van der Waals surface area contributed by atoms with E-state index in [1.54, 1.807) is 18.2 Å². The molecule has 0 N–H and O–H groups in total. The number of benzene rings is 3. The van der Waals surface area contributed by atoms with E-state index < -0.39 is 25.9 Å². The summed E-state index contributed by atoms with van der Waals surface area (Å²) in [6, 6.07) is 15.5. The van der Waals surface area contributed by atoms with Gasteiger partial charge in [0.2, 0.25) is 20.0 Å². The van der Waals surface area contributed by atoms with Crippen LogP contribution in [0.1, 0.15) is 0 Å². The van der Waals surface area contributed by atoms with Gasteiger partial charge in [0.25, 0.3) is 0 Å². The molecular weight excluding hydrogens is 451 g/mol. The molecule has 0 spiro atoms. The lowest BCUT2D eigenvalue weighted by Crippen LogP contribution is -2.50. The summed E-state index contributed by atoms with van der Waals surface area (Å²) in [6.07, 6.45) is 0.